The number of ketones is 1. The second-order valence-electron chi connectivity index (χ2n) is 4.17. The highest BCUT2D eigenvalue weighted by Gasteiger charge is 2.27. The molecule has 4 nitrogen and oxygen atoms in total. The largest absolute Gasteiger partial charge is 0.364 e. The molecule has 1 aromatic carbocycles. The fraction of sp³-hybridized carbons (Fsp3) is 0.333. The van der Waals surface area contributed by atoms with Gasteiger partial charge in [-0.1, -0.05) is 15.9 Å². The fourth-order valence-corrected chi connectivity index (χ4v) is 2.29. The molecule has 1 heterocycles. The van der Waals surface area contributed by atoms with Crippen LogP contribution in [-0.4, -0.2) is 31.8 Å². The zero-order chi connectivity index (χ0) is 12.6. The van der Waals surface area contributed by atoms with Crippen molar-refractivity contribution in [2.24, 2.45) is 0 Å². The Morgan fingerprint density at radius 3 is 2.76 bits per heavy atom. The van der Waals surface area contributed by atoms with Crippen LogP contribution >= 0.6 is 15.9 Å². The third kappa shape index (κ3) is 2.34. The molecule has 17 heavy (non-hydrogen) atoms. The number of nitrogens with zero attached hydrogens (tertiary/aromatic N) is 2. The van der Waals surface area contributed by atoms with Crippen LogP contribution in [0.5, 0.6) is 0 Å². The number of fused-ring (bicyclic) bond motifs is 1. The Morgan fingerprint density at radius 2 is 2.12 bits per heavy atom. The molecular weight excluding hydrogens is 284 g/mol. The SMILES string of the molecule is CC(=O)CN1C(=O)CN(C)c2ccc(Br)cc21. The van der Waals surface area contributed by atoms with Crippen LogP contribution in [0, 0.1) is 0 Å². The molecule has 1 aliphatic rings. The first kappa shape index (κ1) is 12.1. The quantitative estimate of drug-likeness (QED) is 0.836. The molecule has 0 atom stereocenters. The van der Waals surface area contributed by atoms with Crippen molar-refractivity contribution in [1.82, 2.24) is 0 Å². The summed E-state index contributed by atoms with van der Waals surface area (Å²) in [5, 5.41) is 0. The number of likely N-dealkylation sites (N-methyl/N-ethyl adjacent to an activating group) is 1. The summed E-state index contributed by atoms with van der Waals surface area (Å²) < 4.78 is 0.896. The lowest BCUT2D eigenvalue weighted by Crippen LogP contribution is -2.46. The van der Waals surface area contributed by atoms with Crippen LogP contribution in [0.3, 0.4) is 0 Å². The highest BCUT2D eigenvalue weighted by atomic mass is 79.9. The van der Waals surface area contributed by atoms with Gasteiger partial charge < -0.3 is 9.80 Å². The molecule has 0 N–H and O–H groups in total. The van der Waals surface area contributed by atoms with Crippen LogP contribution in [0.1, 0.15) is 6.92 Å². The number of amides is 1. The first-order valence-corrected chi connectivity index (χ1v) is 6.09. The van der Waals surface area contributed by atoms with Crippen LogP contribution in [0.25, 0.3) is 0 Å². The van der Waals surface area contributed by atoms with E-state index in [0.717, 1.165) is 15.8 Å². The molecular formula is C12H13BrN2O2. The smallest absolute Gasteiger partial charge is 0.246 e. The summed E-state index contributed by atoms with van der Waals surface area (Å²) in [6.07, 6.45) is 0. The van der Waals surface area contributed by atoms with E-state index >= 15 is 0 Å². The maximum atomic E-state index is 11.9. The molecule has 0 bridgehead atoms. The number of rotatable bonds is 2. The maximum absolute atomic E-state index is 11.9. The molecule has 0 saturated heterocycles. The van der Waals surface area contributed by atoms with Gasteiger partial charge in [0.2, 0.25) is 5.91 Å². The average Bonchev–Trinajstić information content (AvgIpc) is 2.23. The van der Waals surface area contributed by atoms with Gasteiger partial charge in [0.1, 0.15) is 5.78 Å². The summed E-state index contributed by atoms with van der Waals surface area (Å²) in [4.78, 5) is 26.6. The lowest BCUT2D eigenvalue weighted by Gasteiger charge is -2.34. The minimum Gasteiger partial charge on any atom is -0.364 e. The second-order valence-corrected chi connectivity index (χ2v) is 5.09. The summed E-state index contributed by atoms with van der Waals surface area (Å²) in [5.41, 5.74) is 1.75. The van der Waals surface area contributed by atoms with E-state index in [2.05, 4.69) is 15.9 Å². The van der Waals surface area contributed by atoms with E-state index in [1.807, 2.05) is 30.1 Å². The molecule has 0 unspecified atom stereocenters. The molecule has 0 aliphatic carbocycles. The van der Waals surface area contributed by atoms with Crippen LogP contribution in [0.2, 0.25) is 0 Å². The molecule has 0 aromatic heterocycles. The van der Waals surface area contributed by atoms with E-state index in [4.69, 9.17) is 0 Å². The van der Waals surface area contributed by atoms with Crippen molar-refractivity contribution in [3.05, 3.63) is 22.7 Å². The lowest BCUT2D eigenvalue weighted by atomic mass is 10.1. The Balaban J connectivity index is 2.48. The van der Waals surface area contributed by atoms with Gasteiger partial charge in [0.05, 0.1) is 24.5 Å². The monoisotopic (exact) mass is 296 g/mol. The van der Waals surface area contributed by atoms with Crippen molar-refractivity contribution >= 4 is 39.0 Å². The Labute approximate surface area is 108 Å². The van der Waals surface area contributed by atoms with Crippen LogP contribution in [0.15, 0.2) is 22.7 Å². The van der Waals surface area contributed by atoms with Gasteiger partial charge in [-0.15, -0.1) is 0 Å². The lowest BCUT2D eigenvalue weighted by molar-refractivity contribution is -0.121. The topological polar surface area (TPSA) is 40.6 Å². The summed E-state index contributed by atoms with van der Waals surface area (Å²) in [5.74, 6) is -0.0675. The standard InChI is InChI=1S/C12H13BrN2O2/c1-8(16)6-15-11-5-9(13)3-4-10(11)14(2)7-12(15)17/h3-5H,6-7H2,1-2H3. The number of anilines is 2. The van der Waals surface area contributed by atoms with Gasteiger partial charge in [-0.05, 0) is 25.1 Å². The molecule has 0 fully saturated rings. The van der Waals surface area contributed by atoms with Crippen molar-refractivity contribution in [2.45, 2.75) is 6.92 Å². The predicted octanol–water partition coefficient (Wildman–Crippen LogP) is 1.82. The van der Waals surface area contributed by atoms with Gasteiger partial charge in [-0.3, -0.25) is 9.59 Å². The molecule has 1 amide bonds. The molecule has 0 saturated carbocycles. The molecule has 0 radical (unpaired) electrons. The van der Waals surface area contributed by atoms with Gasteiger partial charge in [-0.2, -0.15) is 0 Å². The zero-order valence-corrected chi connectivity index (χ0v) is 11.3. The first-order valence-electron chi connectivity index (χ1n) is 5.29. The zero-order valence-electron chi connectivity index (χ0n) is 9.74. The Bertz CT molecular complexity index is 487. The van der Waals surface area contributed by atoms with E-state index in [-0.39, 0.29) is 18.2 Å². The molecule has 90 valence electrons. The van der Waals surface area contributed by atoms with E-state index in [1.54, 1.807) is 4.90 Å². The van der Waals surface area contributed by atoms with Gasteiger partial charge in [0.25, 0.3) is 0 Å². The Morgan fingerprint density at radius 1 is 1.41 bits per heavy atom. The van der Waals surface area contributed by atoms with Crippen molar-refractivity contribution in [3.8, 4) is 0 Å². The third-order valence-corrected chi connectivity index (χ3v) is 3.19. The highest BCUT2D eigenvalue weighted by Crippen LogP contribution is 2.34. The van der Waals surface area contributed by atoms with Gasteiger partial charge in [-0.25, -0.2) is 0 Å². The number of carbonyl (C=O) groups is 2. The Hall–Kier alpha value is -1.36. The molecule has 2 rings (SSSR count). The van der Waals surface area contributed by atoms with Crippen molar-refractivity contribution in [3.63, 3.8) is 0 Å². The maximum Gasteiger partial charge on any atom is 0.246 e. The number of Topliss-reactive ketones (excluding diaryl/α,β-unsaturated/α-hetero) is 1. The van der Waals surface area contributed by atoms with Gasteiger partial charge in [0.15, 0.2) is 0 Å². The van der Waals surface area contributed by atoms with E-state index in [1.165, 1.54) is 6.92 Å². The third-order valence-electron chi connectivity index (χ3n) is 2.69. The average molecular weight is 297 g/mol. The number of halogens is 1. The highest BCUT2D eigenvalue weighted by molar-refractivity contribution is 9.10. The summed E-state index contributed by atoms with van der Waals surface area (Å²) in [6.45, 7) is 1.93. The predicted molar refractivity (Wildman–Crippen MR) is 70.4 cm³/mol. The van der Waals surface area contributed by atoms with E-state index in [9.17, 15) is 9.59 Å². The number of hydrogen-bond acceptors (Lipinski definition) is 3. The number of benzene rings is 1. The first-order chi connectivity index (χ1) is 7.99. The minimum atomic E-state index is -0.0479. The molecule has 1 aliphatic heterocycles. The second kappa shape index (κ2) is 4.49. The summed E-state index contributed by atoms with van der Waals surface area (Å²) in [7, 11) is 1.87. The van der Waals surface area contributed by atoms with Crippen molar-refractivity contribution in [1.29, 1.82) is 0 Å². The van der Waals surface area contributed by atoms with Crippen LogP contribution < -0.4 is 9.80 Å². The van der Waals surface area contributed by atoms with Crippen LogP contribution in [-0.2, 0) is 9.59 Å². The fourth-order valence-electron chi connectivity index (χ4n) is 1.94. The summed E-state index contributed by atoms with van der Waals surface area (Å²) in [6, 6.07) is 5.74. The van der Waals surface area contributed by atoms with E-state index < -0.39 is 0 Å². The molecule has 5 heteroatoms. The van der Waals surface area contributed by atoms with Gasteiger partial charge in [0, 0.05) is 11.5 Å². The number of carbonyl (C=O) groups excluding carboxylic acids is 2. The summed E-state index contributed by atoms with van der Waals surface area (Å²) >= 11 is 3.38. The van der Waals surface area contributed by atoms with E-state index in [0.29, 0.717) is 6.54 Å². The van der Waals surface area contributed by atoms with Crippen LogP contribution in [0.4, 0.5) is 11.4 Å². The minimum absolute atomic E-state index is 0.0196. The normalized spacial score (nSPS) is 14.9. The Kier molecular flexibility index (Phi) is 3.19. The van der Waals surface area contributed by atoms with Crippen molar-refractivity contribution in [2.75, 3.05) is 29.9 Å². The molecule has 1 aromatic rings. The van der Waals surface area contributed by atoms with Gasteiger partial charge >= 0.3 is 0 Å². The number of hydrogen-bond donors (Lipinski definition) is 0. The van der Waals surface area contributed by atoms with Crippen molar-refractivity contribution < 1.29 is 9.59 Å². The molecule has 0 spiro atoms.